The van der Waals surface area contributed by atoms with Gasteiger partial charge in [-0.3, -0.25) is 0 Å². The van der Waals surface area contributed by atoms with Gasteiger partial charge in [-0.1, -0.05) is 109 Å². The summed E-state index contributed by atoms with van der Waals surface area (Å²) in [5, 5.41) is 3.91. The van der Waals surface area contributed by atoms with E-state index in [-0.39, 0.29) is 11.2 Å². The zero-order valence-electron chi connectivity index (χ0n) is 20.2. The first-order chi connectivity index (χ1) is 16.4. The van der Waals surface area contributed by atoms with E-state index in [1.54, 1.807) is 0 Å². The molecule has 0 bridgehead atoms. The number of benzene rings is 4. The maximum absolute atomic E-state index is 6.52. The highest BCUT2D eigenvalue weighted by Crippen LogP contribution is 2.39. The van der Waals surface area contributed by atoms with Gasteiger partial charge in [-0.15, -0.1) is 0 Å². The highest BCUT2D eigenvalue weighted by Gasteiger charge is 2.52. The lowest BCUT2D eigenvalue weighted by molar-refractivity contribution is 0.00578. The third-order valence-corrected chi connectivity index (χ3v) is 9.50. The fourth-order valence-corrected chi connectivity index (χ4v) is 7.02. The molecule has 0 radical (unpaired) electrons. The Morgan fingerprint density at radius 1 is 0.559 bits per heavy atom. The summed E-state index contributed by atoms with van der Waals surface area (Å²) in [6.07, 6.45) is 0. The molecule has 1 unspecified atom stereocenters. The number of hydrogen-bond acceptors (Lipinski definition) is 2. The SMILES string of the molecule is CC1(C)OB(c2ccccc2P(c2ccccc2)c2ccccc2-c2ccccc2)OC1(C)C. The van der Waals surface area contributed by atoms with E-state index in [0.29, 0.717) is 0 Å². The molecule has 1 saturated heterocycles. The van der Waals surface area contributed by atoms with E-state index in [1.165, 1.54) is 27.0 Å². The Kier molecular flexibility index (Phi) is 6.21. The monoisotopic (exact) mass is 464 g/mol. The largest absolute Gasteiger partial charge is 0.495 e. The molecule has 0 N–H and O–H groups in total. The molecule has 34 heavy (non-hydrogen) atoms. The molecule has 4 aromatic carbocycles. The summed E-state index contributed by atoms with van der Waals surface area (Å²) in [6, 6.07) is 38.9. The van der Waals surface area contributed by atoms with Crippen molar-refractivity contribution in [1.29, 1.82) is 0 Å². The molecule has 1 aliphatic heterocycles. The first kappa shape index (κ1) is 23.1. The molecule has 1 aliphatic rings. The predicted molar refractivity (Wildman–Crippen MR) is 146 cm³/mol. The normalized spacial score (nSPS) is 17.5. The molecule has 1 heterocycles. The van der Waals surface area contributed by atoms with Crippen LogP contribution in [-0.2, 0) is 9.31 Å². The van der Waals surface area contributed by atoms with Gasteiger partial charge in [-0.05, 0) is 68.1 Å². The second-order valence-electron chi connectivity index (χ2n) is 9.70. The summed E-state index contributed by atoms with van der Waals surface area (Å²) in [5.41, 5.74) is 2.83. The van der Waals surface area contributed by atoms with Crippen LogP contribution in [0.15, 0.2) is 109 Å². The van der Waals surface area contributed by atoms with Crippen LogP contribution in [0.3, 0.4) is 0 Å². The smallest absolute Gasteiger partial charge is 0.399 e. The average molecular weight is 464 g/mol. The van der Waals surface area contributed by atoms with Crippen molar-refractivity contribution < 1.29 is 9.31 Å². The van der Waals surface area contributed by atoms with Crippen LogP contribution >= 0.6 is 7.92 Å². The first-order valence-electron chi connectivity index (χ1n) is 11.8. The van der Waals surface area contributed by atoms with Crippen molar-refractivity contribution in [2.75, 3.05) is 0 Å². The fourth-order valence-electron chi connectivity index (χ4n) is 4.38. The third-order valence-electron chi connectivity index (χ3n) is 6.93. The van der Waals surface area contributed by atoms with Crippen LogP contribution in [0.25, 0.3) is 11.1 Å². The van der Waals surface area contributed by atoms with Crippen molar-refractivity contribution in [1.82, 2.24) is 0 Å². The standard InChI is InChI=1S/C30H30BO2P/c1-29(2)30(3,4)33-31(32-29)26-20-12-14-22-28(26)34(24-17-9-6-10-18-24)27-21-13-11-19-25(27)23-15-7-5-8-16-23/h5-22H,1-4H3. The third kappa shape index (κ3) is 4.25. The Morgan fingerprint density at radius 3 is 1.71 bits per heavy atom. The Morgan fingerprint density at radius 2 is 1.06 bits per heavy atom. The molecule has 1 fully saturated rings. The molecule has 4 aromatic rings. The van der Waals surface area contributed by atoms with Crippen molar-refractivity contribution in [2.24, 2.45) is 0 Å². The molecule has 0 amide bonds. The maximum atomic E-state index is 6.52. The molecule has 0 aromatic heterocycles. The summed E-state index contributed by atoms with van der Waals surface area (Å²) in [5.74, 6) is 0. The minimum atomic E-state index is -0.849. The quantitative estimate of drug-likeness (QED) is 0.291. The van der Waals surface area contributed by atoms with Gasteiger partial charge in [0, 0.05) is 0 Å². The molecule has 5 rings (SSSR count). The van der Waals surface area contributed by atoms with Gasteiger partial charge in [-0.2, -0.15) is 0 Å². The highest BCUT2D eigenvalue weighted by molar-refractivity contribution is 7.80. The molecular weight excluding hydrogens is 434 g/mol. The molecule has 1 atom stereocenters. The summed E-state index contributed by atoms with van der Waals surface area (Å²) < 4.78 is 13.0. The second kappa shape index (κ2) is 9.15. The van der Waals surface area contributed by atoms with E-state index in [2.05, 4.69) is 137 Å². The number of rotatable bonds is 5. The minimum Gasteiger partial charge on any atom is -0.399 e. The summed E-state index contributed by atoms with van der Waals surface area (Å²) in [4.78, 5) is 0. The predicted octanol–water partition coefficient (Wildman–Crippen LogP) is 5.41. The lowest BCUT2D eigenvalue weighted by Gasteiger charge is -2.32. The van der Waals surface area contributed by atoms with Crippen molar-refractivity contribution in [3.8, 4) is 11.1 Å². The summed E-state index contributed by atoms with van der Waals surface area (Å²) in [7, 11) is -1.25. The van der Waals surface area contributed by atoms with Crippen LogP contribution in [0, 0.1) is 0 Å². The first-order valence-corrected chi connectivity index (χ1v) is 13.2. The zero-order chi connectivity index (χ0) is 23.8. The van der Waals surface area contributed by atoms with Crippen molar-refractivity contribution in [3.63, 3.8) is 0 Å². The molecule has 170 valence electrons. The van der Waals surface area contributed by atoms with E-state index in [4.69, 9.17) is 9.31 Å². The van der Waals surface area contributed by atoms with Crippen molar-refractivity contribution in [2.45, 2.75) is 38.9 Å². The summed E-state index contributed by atoms with van der Waals surface area (Å²) >= 11 is 0. The van der Waals surface area contributed by atoms with E-state index in [0.717, 1.165) is 5.46 Å². The number of hydrogen-bond donors (Lipinski definition) is 0. The Balaban J connectivity index is 1.70. The van der Waals surface area contributed by atoms with E-state index < -0.39 is 15.0 Å². The van der Waals surface area contributed by atoms with Crippen LogP contribution in [0.4, 0.5) is 0 Å². The van der Waals surface area contributed by atoms with Crippen LogP contribution in [0.2, 0.25) is 0 Å². The topological polar surface area (TPSA) is 18.5 Å². The van der Waals surface area contributed by atoms with Gasteiger partial charge in [0.15, 0.2) is 0 Å². The highest BCUT2D eigenvalue weighted by atomic mass is 31.1. The molecule has 2 nitrogen and oxygen atoms in total. The van der Waals surface area contributed by atoms with Gasteiger partial charge in [0.25, 0.3) is 0 Å². The molecule has 0 saturated carbocycles. The van der Waals surface area contributed by atoms with E-state index >= 15 is 0 Å². The molecule has 4 heteroatoms. The van der Waals surface area contributed by atoms with Gasteiger partial charge in [-0.25, -0.2) is 0 Å². The second-order valence-corrected chi connectivity index (χ2v) is 11.9. The molecular formula is C30H30BO2P. The molecule has 0 spiro atoms. The Hall–Kier alpha value is -2.71. The zero-order valence-corrected chi connectivity index (χ0v) is 21.1. The summed E-state index contributed by atoms with van der Waals surface area (Å²) in [6.45, 7) is 8.45. The van der Waals surface area contributed by atoms with Crippen LogP contribution in [0.1, 0.15) is 27.7 Å². The lowest BCUT2D eigenvalue weighted by Crippen LogP contribution is -2.44. The van der Waals surface area contributed by atoms with E-state index in [9.17, 15) is 0 Å². The van der Waals surface area contributed by atoms with Gasteiger partial charge < -0.3 is 9.31 Å². The Bertz CT molecular complexity index is 1260. The van der Waals surface area contributed by atoms with Gasteiger partial charge in [0.1, 0.15) is 0 Å². The maximum Gasteiger partial charge on any atom is 0.495 e. The van der Waals surface area contributed by atoms with Gasteiger partial charge >= 0.3 is 7.12 Å². The van der Waals surface area contributed by atoms with Crippen molar-refractivity contribution in [3.05, 3.63) is 109 Å². The fraction of sp³-hybridized carbons (Fsp3) is 0.200. The van der Waals surface area contributed by atoms with Crippen LogP contribution in [-0.4, -0.2) is 18.3 Å². The lowest BCUT2D eigenvalue weighted by atomic mass is 9.79. The average Bonchev–Trinajstić information content (AvgIpc) is 3.08. The van der Waals surface area contributed by atoms with Crippen LogP contribution in [0.5, 0.6) is 0 Å². The van der Waals surface area contributed by atoms with E-state index in [1.807, 2.05) is 0 Å². The van der Waals surface area contributed by atoms with Gasteiger partial charge in [0.2, 0.25) is 0 Å². The Labute approximate surface area is 204 Å². The van der Waals surface area contributed by atoms with Crippen LogP contribution < -0.4 is 21.4 Å². The minimum absolute atomic E-state index is 0.387. The van der Waals surface area contributed by atoms with Crippen molar-refractivity contribution >= 4 is 36.4 Å². The molecule has 0 aliphatic carbocycles. The van der Waals surface area contributed by atoms with Gasteiger partial charge in [0.05, 0.1) is 11.2 Å².